The van der Waals surface area contributed by atoms with Crippen LogP contribution in [0.3, 0.4) is 0 Å². The molecule has 1 aliphatic rings. The number of nitrogen functional groups attached to an aromatic ring is 1. The van der Waals surface area contributed by atoms with Gasteiger partial charge in [-0.25, -0.2) is 13.5 Å². The highest BCUT2D eigenvalue weighted by Gasteiger charge is 2.29. The minimum atomic E-state index is -0.973. The van der Waals surface area contributed by atoms with Crippen LogP contribution in [0.1, 0.15) is 32.2 Å². The van der Waals surface area contributed by atoms with E-state index in [0.29, 0.717) is 17.3 Å². The summed E-state index contributed by atoms with van der Waals surface area (Å²) in [6.07, 6.45) is 3.19. The molecule has 0 radical (unpaired) electrons. The molecule has 0 spiro atoms. The van der Waals surface area contributed by atoms with Crippen LogP contribution in [0.5, 0.6) is 0 Å². The van der Waals surface area contributed by atoms with Crippen molar-refractivity contribution in [1.29, 1.82) is 0 Å². The number of aromatic nitrogens is 4. The molecular weight excluding hydrogens is 264 g/mol. The molecule has 2 atom stereocenters. The number of benzene rings is 1. The lowest BCUT2D eigenvalue weighted by Crippen LogP contribution is -2.15. The van der Waals surface area contributed by atoms with Gasteiger partial charge in [-0.15, -0.1) is 5.10 Å². The first-order chi connectivity index (χ1) is 9.58. The van der Waals surface area contributed by atoms with Crippen LogP contribution in [0, 0.1) is 17.6 Å². The zero-order valence-electron chi connectivity index (χ0n) is 11.1. The summed E-state index contributed by atoms with van der Waals surface area (Å²) in [4.78, 5) is 0. The monoisotopic (exact) mass is 279 g/mol. The van der Waals surface area contributed by atoms with E-state index in [4.69, 9.17) is 5.73 Å². The van der Waals surface area contributed by atoms with Gasteiger partial charge in [0.15, 0.2) is 17.5 Å². The van der Waals surface area contributed by atoms with Crippen LogP contribution in [0.15, 0.2) is 12.1 Å². The average molecular weight is 279 g/mol. The topological polar surface area (TPSA) is 69.6 Å². The van der Waals surface area contributed by atoms with Gasteiger partial charge in [-0.1, -0.05) is 13.3 Å². The molecule has 2 aromatic rings. The first kappa shape index (κ1) is 13.0. The van der Waals surface area contributed by atoms with Gasteiger partial charge >= 0.3 is 0 Å². The number of halogens is 2. The number of hydrogen-bond acceptors (Lipinski definition) is 4. The van der Waals surface area contributed by atoms with Crippen molar-refractivity contribution in [3.8, 4) is 11.4 Å². The van der Waals surface area contributed by atoms with E-state index in [1.54, 1.807) is 4.68 Å². The standard InChI is InChI=1S/C13H15F2N5/c1-7-3-2-4-12(7)20-13(17-18-19-20)8-5-9(14)10(15)6-11(8)16/h5-7,12H,2-4,16H2,1H3. The van der Waals surface area contributed by atoms with E-state index >= 15 is 0 Å². The maximum Gasteiger partial charge on any atom is 0.184 e. The smallest absolute Gasteiger partial charge is 0.184 e. The van der Waals surface area contributed by atoms with Crippen molar-refractivity contribution >= 4 is 5.69 Å². The lowest BCUT2D eigenvalue weighted by atomic mass is 10.1. The van der Waals surface area contributed by atoms with Gasteiger partial charge in [0.1, 0.15) is 0 Å². The summed E-state index contributed by atoms with van der Waals surface area (Å²) in [7, 11) is 0. The van der Waals surface area contributed by atoms with E-state index in [1.165, 1.54) is 0 Å². The quantitative estimate of drug-likeness (QED) is 0.858. The highest BCUT2D eigenvalue weighted by molar-refractivity contribution is 5.71. The van der Waals surface area contributed by atoms with E-state index in [-0.39, 0.29) is 11.7 Å². The molecule has 1 saturated carbocycles. The van der Waals surface area contributed by atoms with Crippen LogP contribution in [0.4, 0.5) is 14.5 Å². The van der Waals surface area contributed by atoms with Crippen LogP contribution >= 0.6 is 0 Å². The molecule has 0 aliphatic heterocycles. The Bertz CT molecular complexity index is 640. The van der Waals surface area contributed by atoms with Crippen molar-refractivity contribution in [1.82, 2.24) is 20.2 Å². The Hall–Kier alpha value is -2.05. The summed E-state index contributed by atoms with van der Waals surface area (Å²) in [6.45, 7) is 2.14. The predicted octanol–water partition coefficient (Wildman–Crippen LogP) is 2.56. The Balaban J connectivity index is 2.08. The van der Waals surface area contributed by atoms with E-state index < -0.39 is 11.6 Å². The first-order valence-electron chi connectivity index (χ1n) is 6.60. The number of rotatable bonds is 2. The second-order valence-electron chi connectivity index (χ2n) is 5.28. The molecule has 1 fully saturated rings. The summed E-state index contributed by atoms with van der Waals surface area (Å²) in [6, 6.07) is 2.18. The molecule has 1 aliphatic carbocycles. The molecule has 1 aromatic heterocycles. The van der Waals surface area contributed by atoms with Crippen LogP contribution in [-0.2, 0) is 0 Å². The first-order valence-corrected chi connectivity index (χ1v) is 6.60. The molecule has 20 heavy (non-hydrogen) atoms. The molecule has 0 saturated heterocycles. The highest BCUT2D eigenvalue weighted by Crippen LogP contribution is 2.37. The van der Waals surface area contributed by atoms with Crippen molar-refractivity contribution in [2.24, 2.45) is 5.92 Å². The Morgan fingerprint density at radius 3 is 2.70 bits per heavy atom. The molecule has 0 bridgehead atoms. The lowest BCUT2D eigenvalue weighted by molar-refractivity contribution is 0.370. The molecule has 7 heteroatoms. The van der Waals surface area contributed by atoms with Crippen LogP contribution in [0.25, 0.3) is 11.4 Å². The summed E-state index contributed by atoms with van der Waals surface area (Å²) < 4.78 is 28.3. The molecule has 3 rings (SSSR count). The maximum absolute atomic E-state index is 13.4. The number of nitrogens with two attached hydrogens (primary N) is 1. The lowest BCUT2D eigenvalue weighted by Gasteiger charge is -2.17. The van der Waals surface area contributed by atoms with Gasteiger partial charge in [-0.2, -0.15) is 0 Å². The van der Waals surface area contributed by atoms with Gasteiger partial charge in [0, 0.05) is 17.3 Å². The Labute approximate surface area is 114 Å². The van der Waals surface area contributed by atoms with Crippen molar-refractivity contribution in [3.63, 3.8) is 0 Å². The zero-order valence-corrected chi connectivity index (χ0v) is 11.1. The fourth-order valence-corrected chi connectivity index (χ4v) is 2.84. The molecule has 1 aromatic carbocycles. The number of hydrogen-bond donors (Lipinski definition) is 1. The normalized spacial score (nSPS) is 22.4. The summed E-state index contributed by atoms with van der Waals surface area (Å²) in [5, 5.41) is 11.6. The largest absolute Gasteiger partial charge is 0.398 e. The summed E-state index contributed by atoms with van der Waals surface area (Å²) >= 11 is 0. The highest BCUT2D eigenvalue weighted by atomic mass is 19.2. The molecule has 1 heterocycles. The van der Waals surface area contributed by atoms with Gasteiger partial charge < -0.3 is 5.73 Å². The Morgan fingerprint density at radius 2 is 2.00 bits per heavy atom. The molecule has 0 amide bonds. The van der Waals surface area contributed by atoms with Crippen molar-refractivity contribution in [3.05, 3.63) is 23.8 Å². The van der Waals surface area contributed by atoms with Gasteiger partial charge in [-0.05, 0) is 35.3 Å². The fraction of sp³-hybridized carbons (Fsp3) is 0.462. The van der Waals surface area contributed by atoms with Gasteiger partial charge in [0.25, 0.3) is 0 Å². The number of anilines is 1. The van der Waals surface area contributed by atoms with Gasteiger partial charge in [-0.3, -0.25) is 0 Å². The zero-order chi connectivity index (χ0) is 14.3. The third kappa shape index (κ3) is 2.03. The predicted molar refractivity (Wildman–Crippen MR) is 69.6 cm³/mol. The maximum atomic E-state index is 13.4. The van der Waals surface area contributed by atoms with Gasteiger partial charge in [0.05, 0.1) is 6.04 Å². The van der Waals surface area contributed by atoms with Crippen molar-refractivity contribution in [2.75, 3.05) is 5.73 Å². The van der Waals surface area contributed by atoms with Crippen LogP contribution in [0.2, 0.25) is 0 Å². The minimum Gasteiger partial charge on any atom is -0.398 e. The van der Waals surface area contributed by atoms with E-state index in [9.17, 15) is 8.78 Å². The van der Waals surface area contributed by atoms with Crippen LogP contribution in [-0.4, -0.2) is 20.2 Å². The third-order valence-electron chi connectivity index (χ3n) is 3.96. The molecular formula is C13H15F2N5. The molecule has 106 valence electrons. The minimum absolute atomic E-state index is 0.130. The van der Waals surface area contributed by atoms with E-state index in [2.05, 4.69) is 22.4 Å². The van der Waals surface area contributed by atoms with Crippen molar-refractivity contribution < 1.29 is 8.78 Å². The summed E-state index contributed by atoms with van der Waals surface area (Å²) in [5.74, 6) is -1.09. The fourth-order valence-electron chi connectivity index (χ4n) is 2.84. The number of nitrogens with zero attached hydrogens (tertiary/aromatic N) is 4. The summed E-state index contributed by atoms with van der Waals surface area (Å²) in [5.41, 5.74) is 6.23. The third-order valence-corrected chi connectivity index (χ3v) is 3.96. The Kier molecular flexibility index (Phi) is 3.11. The second kappa shape index (κ2) is 4.81. The molecule has 5 nitrogen and oxygen atoms in total. The van der Waals surface area contributed by atoms with Crippen molar-refractivity contribution in [2.45, 2.75) is 32.2 Å². The SMILES string of the molecule is CC1CCCC1n1nnnc1-c1cc(F)c(F)cc1N. The number of tetrazole rings is 1. The second-order valence-corrected chi connectivity index (χ2v) is 5.28. The average Bonchev–Trinajstić information content (AvgIpc) is 3.02. The molecule has 2 N–H and O–H groups in total. The van der Waals surface area contributed by atoms with E-state index in [0.717, 1.165) is 31.4 Å². The van der Waals surface area contributed by atoms with E-state index in [1.807, 2.05) is 0 Å². The molecule has 2 unspecified atom stereocenters. The van der Waals surface area contributed by atoms with Gasteiger partial charge in [0.2, 0.25) is 0 Å². The van der Waals surface area contributed by atoms with Crippen LogP contribution < -0.4 is 5.73 Å². The Morgan fingerprint density at radius 1 is 1.25 bits per heavy atom.